The summed E-state index contributed by atoms with van der Waals surface area (Å²) in [6.07, 6.45) is 2.30. The average molecular weight is 770 g/mol. The molecule has 2 aliphatic carbocycles. The van der Waals surface area contributed by atoms with Crippen LogP contribution in [0.3, 0.4) is 0 Å². The van der Waals surface area contributed by atoms with Crippen LogP contribution in [-0.4, -0.2) is 109 Å². The zero-order chi connectivity index (χ0) is 39.1. The molecule has 15 heteroatoms. The van der Waals surface area contributed by atoms with Crippen molar-refractivity contribution in [3.63, 3.8) is 0 Å². The number of Topliss-reactive ketones (excluding diaryl/α,β-unsaturated/α-hetero) is 1. The lowest BCUT2D eigenvalue weighted by molar-refractivity contribution is -0.155. The van der Waals surface area contributed by atoms with Gasteiger partial charge in [0.05, 0.1) is 37.3 Å². The van der Waals surface area contributed by atoms with Gasteiger partial charge in [0.25, 0.3) is 0 Å². The maximum atomic E-state index is 14.2. The number of allylic oxidation sites excluding steroid dienone is 3. The highest BCUT2D eigenvalue weighted by atomic mass is 35.5. The van der Waals surface area contributed by atoms with Crippen LogP contribution in [0.1, 0.15) is 65.4 Å². The lowest BCUT2D eigenvalue weighted by atomic mass is 9.83. The molecular weight excluding hydrogens is 722 g/mol. The topological polar surface area (TPSA) is 173 Å². The third-order valence-corrected chi connectivity index (χ3v) is 12.9. The van der Waals surface area contributed by atoms with Crippen molar-refractivity contribution in [2.24, 2.45) is 16.7 Å². The van der Waals surface area contributed by atoms with Gasteiger partial charge in [0.2, 0.25) is 11.8 Å². The Morgan fingerprint density at radius 1 is 1.15 bits per heavy atom. The van der Waals surface area contributed by atoms with E-state index in [1.807, 2.05) is 13.0 Å². The van der Waals surface area contributed by atoms with E-state index in [-0.39, 0.29) is 36.1 Å². The number of anilines is 1. The zero-order valence-electron chi connectivity index (χ0n) is 31.6. The van der Waals surface area contributed by atoms with Gasteiger partial charge in [0.15, 0.2) is 5.72 Å². The lowest BCUT2D eigenvalue weighted by Crippen LogP contribution is -2.63. The molecule has 3 saturated heterocycles. The molecule has 54 heavy (non-hydrogen) atoms. The summed E-state index contributed by atoms with van der Waals surface area (Å²) >= 11 is 6.76. The number of alkyl carbamates (subject to hydrolysis) is 1. The van der Waals surface area contributed by atoms with Gasteiger partial charge in [-0.05, 0) is 50.8 Å². The number of hydrogen-bond donors (Lipinski definition) is 2. The molecule has 1 aromatic rings. The fourth-order valence-corrected chi connectivity index (χ4v) is 9.03. The smallest absolute Gasteiger partial charge is 0.409 e. The van der Waals surface area contributed by atoms with Crippen LogP contribution in [0.5, 0.6) is 5.75 Å². The Balaban J connectivity index is 1.19. The van der Waals surface area contributed by atoms with E-state index in [1.54, 1.807) is 52.1 Å². The Kier molecular flexibility index (Phi) is 9.47. The van der Waals surface area contributed by atoms with Crippen molar-refractivity contribution in [3.05, 3.63) is 46.5 Å². The molecule has 0 radical (unpaired) electrons. The quantitative estimate of drug-likeness (QED) is 0.306. The molecule has 1 aromatic carbocycles. The number of carbonyl (C=O) groups is 5. The number of rotatable bonds is 7. The standard InChI is InChI=1S/C39H48ClN3O11/c1-8-27(44)37-18-38(37,19-37)34(47)43-17-24(43)33(46)53-29-15-30(45)42(5)23-13-22(14-25(50-6)31(23)40)12-20(2)10-9-11-28(51-7)39(49)16-26(52-35(48)41-39)21(3)32-36(29,4)54-32/h9-11,13-14,21,24,26,28-29,32,49H,8,12,15-19H2,1-7H3,(H,41,48)/b11-9+,20-10+/t21-,24+,26?,28-,29+,32+,36+,37?,38?,39+,43?/m1/s1. The van der Waals surface area contributed by atoms with Crippen LogP contribution < -0.4 is 15.0 Å². The number of fused-ring (bicyclic) bond motifs is 6. The van der Waals surface area contributed by atoms with Crippen LogP contribution in [0.2, 0.25) is 5.02 Å². The predicted octanol–water partition coefficient (Wildman–Crippen LogP) is 3.64. The number of ketones is 1. The van der Waals surface area contributed by atoms with E-state index in [0.29, 0.717) is 37.1 Å². The van der Waals surface area contributed by atoms with E-state index >= 15 is 0 Å². The molecule has 8 atom stereocenters. The third-order valence-electron chi connectivity index (χ3n) is 12.5. The molecule has 292 valence electrons. The molecule has 4 aliphatic heterocycles. The number of aliphatic hydroxyl groups is 1. The number of halogens is 1. The average Bonchev–Trinajstić information content (AvgIpc) is 3.99. The second-order valence-electron chi connectivity index (χ2n) is 16.0. The predicted molar refractivity (Wildman–Crippen MR) is 194 cm³/mol. The van der Waals surface area contributed by atoms with Crippen LogP contribution in [0.25, 0.3) is 0 Å². The minimum Gasteiger partial charge on any atom is -0.495 e. The summed E-state index contributed by atoms with van der Waals surface area (Å²) in [5.41, 5.74) is -2.21. The van der Waals surface area contributed by atoms with Crippen LogP contribution >= 0.6 is 11.6 Å². The van der Waals surface area contributed by atoms with Gasteiger partial charge in [0.1, 0.15) is 46.5 Å². The number of epoxide rings is 1. The monoisotopic (exact) mass is 769 g/mol. The van der Waals surface area contributed by atoms with Crippen LogP contribution in [0.15, 0.2) is 35.9 Å². The Labute approximate surface area is 319 Å². The van der Waals surface area contributed by atoms with Crippen molar-refractivity contribution in [2.45, 2.75) is 108 Å². The molecule has 5 fully saturated rings. The van der Waals surface area contributed by atoms with Gasteiger partial charge in [0, 0.05) is 38.3 Å². The molecule has 0 aromatic heterocycles. The molecule has 14 nitrogen and oxygen atoms in total. The van der Waals surface area contributed by atoms with Crippen molar-refractivity contribution in [1.82, 2.24) is 10.2 Å². The van der Waals surface area contributed by atoms with E-state index in [2.05, 4.69) is 5.32 Å². The summed E-state index contributed by atoms with van der Waals surface area (Å²) in [5, 5.41) is 14.5. The fourth-order valence-electron chi connectivity index (χ4n) is 8.71. The molecule has 0 spiro atoms. The van der Waals surface area contributed by atoms with Crippen LogP contribution in [0, 0.1) is 16.7 Å². The number of ether oxygens (including phenoxy) is 5. The Hall–Kier alpha value is -3.98. The highest BCUT2D eigenvalue weighted by Gasteiger charge is 2.91. The first-order valence-electron chi connectivity index (χ1n) is 18.4. The highest BCUT2D eigenvalue weighted by molar-refractivity contribution is 6.35. The van der Waals surface area contributed by atoms with Gasteiger partial charge in [-0.3, -0.25) is 19.7 Å². The molecule has 7 rings (SSSR count). The number of benzene rings is 1. The van der Waals surface area contributed by atoms with Crippen molar-refractivity contribution in [3.8, 4) is 5.75 Å². The molecule has 2 N–H and O–H groups in total. The maximum absolute atomic E-state index is 14.2. The third kappa shape index (κ3) is 6.28. The van der Waals surface area contributed by atoms with E-state index in [1.165, 1.54) is 24.0 Å². The molecule has 6 aliphatic rings. The summed E-state index contributed by atoms with van der Waals surface area (Å²) < 4.78 is 29.2. The van der Waals surface area contributed by atoms with Gasteiger partial charge >= 0.3 is 12.1 Å². The highest BCUT2D eigenvalue weighted by Crippen LogP contribution is 2.87. The van der Waals surface area contributed by atoms with Gasteiger partial charge < -0.3 is 38.6 Å². The second kappa shape index (κ2) is 13.3. The van der Waals surface area contributed by atoms with Crippen LogP contribution in [-0.2, 0) is 44.5 Å². The van der Waals surface area contributed by atoms with E-state index in [9.17, 15) is 29.1 Å². The van der Waals surface area contributed by atoms with Crippen molar-refractivity contribution < 1.29 is 52.8 Å². The first-order valence-corrected chi connectivity index (χ1v) is 18.8. The molecule has 1 unspecified atom stereocenters. The van der Waals surface area contributed by atoms with Gasteiger partial charge in [-0.15, -0.1) is 0 Å². The molecule has 4 heterocycles. The summed E-state index contributed by atoms with van der Waals surface area (Å²) in [5.74, 6) is -1.41. The first-order chi connectivity index (χ1) is 25.5. The van der Waals surface area contributed by atoms with Crippen molar-refractivity contribution in [2.75, 3.05) is 32.7 Å². The lowest BCUT2D eigenvalue weighted by Gasteiger charge is -2.42. The number of amides is 3. The largest absolute Gasteiger partial charge is 0.495 e. The minimum atomic E-state index is -1.83. The number of esters is 1. The Morgan fingerprint density at radius 2 is 1.87 bits per heavy atom. The number of nitrogens with one attached hydrogen (secondary N) is 1. The number of carbonyl (C=O) groups excluding carboxylic acids is 5. The SMILES string of the molecule is CCC(=O)C12CC1(C(=O)N1C[C@H]1C(=O)O[C@H]1CC(=O)N(C)c3cc(cc(OC)c3Cl)C/C(C)=C/C=C/[C@@H](OC)[C@@]3(O)CC(OC(=O)N3)[C@@H](C)[C@@H]3O[C@@]13C)C2. The summed E-state index contributed by atoms with van der Waals surface area (Å²) in [4.78, 5) is 69.5. The molecular formula is C39H48ClN3O11. The van der Waals surface area contributed by atoms with Gasteiger partial charge in [-0.2, -0.15) is 0 Å². The Bertz CT molecular complexity index is 1860. The fraction of sp³-hybridized carbons (Fsp3) is 0.615. The number of methoxy groups -OCH3 is 2. The van der Waals surface area contributed by atoms with Crippen molar-refractivity contribution in [1.29, 1.82) is 0 Å². The minimum absolute atomic E-state index is 0.0550. The van der Waals surface area contributed by atoms with E-state index in [4.69, 9.17) is 35.3 Å². The summed E-state index contributed by atoms with van der Waals surface area (Å²) in [7, 11) is 4.49. The first kappa shape index (κ1) is 38.3. The molecule has 4 bridgehead atoms. The van der Waals surface area contributed by atoms with Gasteiger partial charge in [-0.25, -0.2) is 9.59 Å². The van der Waals surface area contributed by atoms with Gasteiger partial charge in [-0.1, -0.05) is 49.2 Å². The number of nitrogens with zero attached hydrogens (tertiary/aromatic N) is 2. The Morgan fingerprint density at radius 3 is 2.54 bits per heavy atom. The maximum Gasteiger partial charge on any atom is 0.409 e. The zero-order valence-corrected chi connectivity index (χ0v) is 32.4. The molecule has 3 amide bonds. The van der Waals surface area contributed by atoms with E-state index < -0.39 is 76.5 Å². The second-order valence-corrected chi connectivity index (χ2v) is 16.4. The number of hydrogen-bond acceptors (Lipinski definition) is 11. The van der Waals surface area contributed by atoms with Crippen LogP contribution in [0.4, 0.5) is 10.5 Å². The van der Waals surface area contributed by atoms with Crippen molar-refractivity contribution >= 4 is 46.9 Å². The normalized spacial score (nSPS) is 39.8. The molecule has 2 saturated carbocycles. The summed E-state index contributed by atoms with van der Waals surface area (Å²) in [6, 6.07) is 2.73. The summed E-state index contributed by atoms with van der Waals surface area (Å²) in [6.45, 7) is 7.38. The van der Waals surface area contributed by atoms with E-state index in [0.717, 1.165) is 11.1 Å².